The van der Waals surface area contributed by atoms with Crippen LogP contribution in [0.5, 0.6) is 0 Å². The van der Waals surface area contributed by atoms with E-state index in [-0.39, 0.29) is 25.5 Å². The van der Waals surface area contributed by atoms with E-state index in [1.54, 1.807) is 4.90 Å². The third-order valence-corrected chi connectivity index (χ3v) is 2.16. The third-order valence-electron chi connectivity index (χ3n) is 2.16. The number of carbonyl (C=O) groups is 2. The Kier molecular flexibility index (Phi) is 8.79. The van der Waals surface area contributed by atoms with Gasteiger partial charge >= 0.3 is 12.0 Å². The van der Waals surface area contributed by atoms with Crippen LogP contribution in [0.2, 0.25) is 0 Å². The standard InChI is InChI=1S/C5H11N3O.C4H7NO5/c6-5(9)8-3-1-7-2-4-8;6-4(7)2-1-3-10-5(8)9/h7H,1-4H2,(H2,6,9);1-3H2,(H,6,7). The Labute approximate surface area is 109 Å². The van der Waals surface area contributed by atoms with Gasteiger partial charge in [0.05, 0.1) is 6.61 Å². The van der Waals surface area contributed by atoms with Gasteiger partial charge in [-0.2, -0.15) is 0 Å². The van der Waals surface area contributed by atoms with Gasteiger partial charge in [-0.05, 0) is 6.42 Å². The number of rotatable bonds is 5. The normalized spacial score (nSPS) is 14.0. The van der Waals surface area contributed by atoms with E-state index in [0.717, 1.165) is 26.2 Å². The number of nitrogens with one attached hydrogen (secondary N) is 1. The molecule has 0 aromatic rings. The van der Waals surface area contributed by atoms with Crippen LogP contribution in [0.4, 0.5) is 4.79 Å². The Morgan fingerprint density at radius 1 is 1.42 bits per heavy atom. The molecule has 0 saturated carbocycles. The molecule has 0 atom stereocenters. The molecule has 0 aliphatic carbocycles. The Bertz CT molecular complexity index is 289. The maximum atomic E-state index is 10.5. The first-order chi connectivity index (χ1) is 8.93. The molecule has 4 N–H and O–H groups in total. The quantitative estimate of drug-likeness (QED) is 0.333. The minimum atomic E-state index is -0.980. The SMILES string of the molecule is NC(=O)N1CCNCC1.O=C(O)CCCO[N+](=O)[O-]. The maximum Gasteiger partial charge on any atom is 0.314 e. The van der Waals surface area contributed by atoms with Gasteiger partial charge in [0.15, 0.2) is 0 Å². The largest absolute Gasteiger partial charge is 0.481 e. The molecule has 10 heteroatoms. The van der Waals surface area contributed by atoms with Gasteiger partial charge in [-0.25, -0.2) is 4.79 Å². The molecule has 0 aromatic carbocycles. The van der Waals surface area contributed by atoms with Crippen molar-refractivity contribution in [1.82, 2.24) is 10.2 Å². The average molecular weight is 278 g/mol. The smallest absolute Gasteiger partial charge is 0.314 e. The summed E-state index contributed by atoms with van der Waals surface area (Å²) in [6, 6.07) is -0.309. The first kappa shape index (κ1) is 16.9. The van der Waals surface area contributed by atoms with Crippen molar-refractivity contribution in [3.63, 3.8) is 0 Å². The van der Waals surface area contributed by atoms with Crippen LogP contribution in [0.3, 0.4) is 0 Å². The number of nitrogens with zero attached hydrogens (tertiary/aromatic N) is 2. The van der Waals surface area contributed by atoms with Crippen LogP contribution in [-0.2, 0) is 9.63 Å². The van der Waals surface area contributed by atoms with Crippen LogP contribution in [-0.4, -0.2) is 59.9 Å². The summed E-state index contributed by atoms with van der Waals surface area (Å²) in [4.78, 5) is 35.3. The molecule has 2 amide bonds. The van der Waals surface area contributed by atoms with Gasteiger partial charge in [-0.1, -0.05) is 0 Å². The summed E-state index contributed by atoms with van der Waals surface area (Å²) in [5.74, 6) is -0.980. The van der Waals surface area contributed by atoms with E-state index in [9.17, 15) is 19.7 Å². The van der Waals surface area contributed by atoms with E-state index in [1.807, 2.05) is 0 Å². The highest BCUT2D eigenvalue weighted by molar-refractivity contribution is 5.72. The lowest BCUT2D eigenvalue weighted by Crippen LogP contribution is -2.48. The number of hydrogen-bond acceptors (Lipinski definition) is 6. The van der Waals surface area contributed by atoms with Gasteiger partial charge in [-0.3, -0.25) is 4.79 Å². The van der Waals surface area contributed by atoms with E-state index in [4.69, 9.17) is 10.8 Å². The van der Waals surface area contributed by atoms with Crippen molar-refractivity contribution in [1.29, 1.82) is 0 Å². The molecule has 0 aromatic heterocycles. The zero-order valence-electron chi connectivity index (χ0n) is 10.4. The second-order valence-corrected chi connectivity index (χ2v) is 3.63. The number of piperazine rings is 1. The summed E-state index contributed by atoms with van der Waals surface area (Å²) < 4.78 is 0. The van der Waals surface area contributed by atoms with E-state index in [2.05, 4.69) is 10.2 Å². The minimum Gasteiger partial charge on any atom is -0.481 e. The Balaban J connectivity index is 0.000000342. The summed E-state index contributed by atoms with van der Waals surface area (Å²) in [7, 11) is 0. The first-order valence-electron chi connectivity index (χ1n) is 5.67. The zero-order valence-corrected chi connectivity index (χ0v) is 10.4. The fourth-order valence-corrected chi connectivity index (χ4v) is 1.25. The van der Waals surface area contributed by atoms with Crippen molar-refractivity contribution in [3.8, 4) is 0 Å². The Morgan fingerprint density at radius 2 is 2.00 bits per heavy atom. The number of carbonyl (C=O) groups excluding carboxylic acids is 1. The molecule has 1 aliphatic rings. The summed E-state index contributed by atoms with van der Waals surface area (Å²) >= 11 is 0. The minimum absolute atomic E-state index is 0.103. The molecular formula is C9H18N4O6. The predicted molar refractivity (Wildman–Crippen MR) is 63.8 cm³/mol. The summed E-state index contributed by atoms with van der Waals surface area (Å²) in [5, 5.41) is 19.7. The molecule has 0 bridgehead atoms. The average Bonchev–Trinajstić information content (AvgIpc) is 2.36. The van der Waals surface area contributed by atoms with Crippen LogP contribution < -0.4 is 11.1 Å². The molecule has 0 unspecified atom stereocenters. The molecule has 110 valence electrons. The second-order valence-electron chi connectivity index (χ2n) is 3.63. The van der Waals surface area contributed by atoms with Crippen molar-refractivity contribution in [2.24, 2.45) is 5.73 Å². The molecule has 1 fully saturated rings. The lowest BCUT2D eigenvalue weighted by molar-refractivity contribution is -0.757. The highest BCUT2D eigenvalue weighted by atomic mass is 16.9. The van der Waals surface area contributed by atoms with Crippen molar-refractivity contribution >= 4 is 12.0 Å². The molecule has 1 aliphatic heterocycles. The van der Waals surface area contributed by atoms with Gasteiger partial charge in [0.1, 0.15) is 0 Å². The topological polar surface area (TPSA) is 148 Å². The monoisotopic (exact) mass is 278 g/mol. The number of urea groups is 1. The highest BCUT2D eigenvalue weighted by Gasteiger charge is 2.11. The van der Waals surface area contributed by atoms with E-state index >= 15 is 0 Å². The van der Waals surface area contributed by atoms with Crippen LogP contribution >= 0.6 is 0 Å². The molecule has 1 rings (SSSR count). The number of primary amides is 1. The molecule has 1 heterocycles. The van der Waals surface area contributed by atoms with Crippen LogP contribution in [0.25, 0.3) is 0 Å². The lowest BCUT2D eigenvalue weighted by atomic mass is 10.3. The fraction of sp³-hybridized carbons (Fsp3) is 0.778. The van der Waals surface area contributed by atoms with Crippen LogP contribution in [0.15, 0.2) is 0 Å². The molecule has 0 radical (unpaired) electrons. The number of amides is 2. The van der Waals surface area contributed by atoms with E-state index in [1.165, 1.54) is 0 Å². The second kappa shape index (κ2) is 9.88. The van der Waals surface area contributed by atoms with E-state index < -0.39 is 11.1 Å². The lowest BCUT2D eigenvalue weighted by Gasteiger charge is -2.25. The van der Waals surface area contributed by atoms with Gasteiger partial charge in [0.25, 0.3) is 5.09 Å². The molecule has 1 saturated heterocycles. The maximum absolute atomic E-state index is 10.5. The number of carboxylic acids is 1. The molecule has 19 heavy (non-hydrogen) atoms. The summed E-state index contributed by atoms with van der Waals surface area (Å²) in [6.07, 6.45) is 0.0597. The summed E-state index contributed by atoms with van der Waals surface area (Å²) in [5.41, 5.74) is 5.03. The number of nitrogens with two attached hydrogens (primary N) is 1. The number of hydrogen-bond donors (Lipinski definition) is 3. The molecule has 10 nitrogen and oxygen atoms in total. The van der Waals surface area contributed by atoms with Gasteiger partial charge in [0, 0.05) is 32.6 Å². The Hall–Kier alpha value is -2.10. The van der Waals surface area contributed by atoms with Crippen molar-refractivity contribution < 1.29 is 24.6 Å². The van der Waals surface area contributed by atoms with Crippen molar-refractivity contribution in [2.75, 3.05) is 32.8 Å². The summed E-state index contributed by atoms with van der Waals surface area (Å²) in [6.45, 7) is 3.07. The van der Waals surface area contributed by atoms with Crippen molar-refractivity contribution in [2.45, 2.75) is 12.8 Å². The van der Waals surface area contributed by atoms with Gasteiger partial charge in [0.2, 0.25) is 0 Å². The van der Waals surface area contributed by atoms with E-state index in [0.29, 0.717) is 0 Å². The van der Waals surface area contributed by atoms with Crippen molar-refractivity contribution in [3.05, 3.63) is 10.1 Å². The van der Waals surface area contributed by atoms with Gasteiger partial charge in [-0.15, -0.1) is 10.1 Å². The number of aliphatic carboxylic acids is 1. The highest BCUT2D eigenvalue weighted by Crippen LogP contribution is 1.89. The molecular weight excluding hydrogens is 260 g/mol. The van der Waals surface area contributed by atoms with Crippen LogP contribution in [0, 0.1) is 10.1 Å². The van der Waals surface area contributed by atoms with Crippen LogP contribution in [0.1, 0.15) is 12.8 Å². The zero-order chi connectivity index (χ0) is 14.7. The third kappa shape index (κ3) is 10.8. The first-order valence-corrected chi connectivity index (χ1v) is 5.67. The predicted octanol–water partition coefficient (Wildman–Crippen LogP) is -0.970. The number of carboxylic acid groups (broad SMARTS) is 1. The molecule has 0 spiro atoms. The van der Waals surface area contributed by atoms with Gasteiger partial charge < -0.3 is 25.9 Å². The fourth-order valence-electron chi connectivity index (χ4n) is 1.25. The Morgan fingerprint density at radius 3 is 2.37 bits per heavy atom.